The van der Waals surface area contributed by atoms with E-state index in [4.69, 9.17) is 9.47 Å². The van der Waals surface area contributed by atoms with Gasteiger partial charge in [0.1, 0.15) is 6.61 Å². The second-order valence-corrected chi connectivity index (χ2v) is 4.04. The lowest BCUT2D eigenvalue weighted by atomic mass is 10.2. The Morgan fingerprint density at radius 3 is 2.47 bits per heavy atom. The van der Waals surface area contributed by atoms with Gasteiger partial charge in [0, 0.05) is 13.0 Å². The maximum atomic E-state index is 11.1. The quantitative estimate of drug-likeness (QED) is 0.422. The summed E-state index contributed by atoms with van der Waals surface area (Å²) in [6.07, 6.45) is 4.86. The van der Waals surface area contributed by atoms with Gasteiger partial charge in [-0.2, -0.15) is 0 Å². The average Bonchev–Trinajstić information content (AvgIpc) is 2.34. The monoisotopic (exact) mass is 245 g/mol. The summed E-state index contributed by atoms with van der Waals surface area (Å²) < 4.78 is 10.3. The van der Waals surface area contributed by atoms with Gasteiger partial charge in [0.25, 0.3) is 0 Å². The molecule has 0 bridgehead atoms. The molecule has 0 aliphatic carbocycles. The average molecular weight is 245 g/mol. The number of rotatable bonds is 12. The summed E-state index contributed by atoms with van der Waals surface area (Å²) in [4.78, 5) is 11.1. The maximum Gasteiger partial charge on any atom is 0.305 e. The molecule has 0 radical (unpaired) electrons. The molecule has 0 fully saturated rings. The topological polar surface area (TPSA) is 47.6 Å². The molecule has 0 aliphatic rings. The van der Waals surface area contributed by atoms with E-state index in [0.717, 1.165) is 25.9 Å². The standard InChI is InChI=1S/C13H27NO3/c1-3-5-7-13(15)17-12-11-16-10-9-14-8-6-4-2/h14H,3-12H2,1-2H3. The van der Waals surface area contributed by atoms with E-state index < -0.39 is 0 Å². The molecule has 0 aromatic rings. The Morgan fingerprint density at radius 2 is 1.76 bits per heavy atom. The predicted octanol–water partition coefficient (Wildman–Crippen LogP) is 2.13. The van der Waals surface area contributed by atoms with Crippen LogP contribution in [0.1, 0.15) is 46.0 Å². The number of unbranched alkanes of at least 4 members (excludes halogenated alkanes) is 2. The second-order valence-electron chi connectivity index (χ2n) is 4.04. The van der Waals surface area contributed by atoms with E-state index in [1.165, 1.54) is 12.8 Å². The number of nitrogens with one attached hydrogen (secondary N) is 1. The Morgan fingerprint density at radius 1 is 1.00 bits per heavy atom. The lowest BCUT2D eigenvalue weighted by molar-refractivity contribution is -0.145. The molecule has 0 amide bonds. The molecule has 0 rings (SSSR count). The molecule has 4 heteroatoms. The number of ether oxygens (including phenoxy) is 2. The first-order valence-electron chi connectivity index (χ1n) is 6.75. The zero-order valence-corrected chi connectivity index (χ0v) is 11.3. The van der Waals surface area contributed by atoms with Crippen LogP contribution < -0.4 is 5.32 Å². The van der Waals surface area contributed by atoms with Gasteiger partial charge in [-0.3, -0.25) is 4.79 Å². The van der Waals surface area contributed by atoms with Gasteiger partial charge >= 0.3 is 5.97 Å². The molecule has 1 N–H and O–H groups in total. The van der Waals surface area contributed by atoms with E-state index in [1.54, 1.807) is 0 Å². The molecule has 17 heavy (non-hydrogen) atoms. The lowest BCUT2D eigenvalue weighted by Gasteiger charge is -2.06. The molecule has 0 aromatic carbocycles. The van der Waals surface area contributed by atoms with Crippen molar-refractivity contribution in [1.82, 2.24) is 5.32 Å². The predicted molar refractivity (Wildman–Crippen MR) is 69.1 cm³/mol. The van der Waals surface area contributed by atoms with Gasteiger partial charge in [-0.15, -0.1) is 0 Å². The van der Waals surface area contributed by atoms with Crippen LogP contribution in [0.4, 0.5) is 0 Å². The van der Waals surface area contributed by atoms with Crippen LogP contribution in [0.5, 0.6) is 0 Å². The molecule has 0 spiro atoms. The van der Waals surface area contributed by atoms with E-state index in [1.807, 2.05) is 0 Å². The third kappa shape index (κ3) is 13.3. The summed E-state index contributed by atoms with van der Waals surface area (Å²) in [6.45, 7) is 7.68. The SMILES string of the molecule is CCCCNCCOCCOC(=O)CCCC. The van der Waals surface area contributed by atoms with Crippen molar-refractivity contribution in [3.8, 4) is 0 Å². The Bertz CT molecular complexity index is 174. The molecule has 0 unspecified atom stereocenters. The minimum Gasteiger partial charge on any atom is -0.463 e. The van der Waals surface area contributed by atoms with Gasteiger partial charge in [0.2, 0.25) is 0 Å². The normalized spacial score (nSPS) is 10.5. The van der Waals surface area contributed by atoms with Crippen LogP contribution in [0.2, 0.25) is 0 Å². The lowest BCUT2D eigenvalue weighted by Crippen LogP contribution is -2.21. The van der Waals surface area contributed by atoms with Crippen molar-refractivity contribution < 1.29 is 14.3 Å². The Kier molecular flexibility index (Phi) is 13.0. The Labute approximate surface area is 105 Å². The summed E-state index contributed by atoms with van der Waals surface area (Å²) in [5.74, 6) is -0.114. The highest BCUT2D eigenvalue weighted by molar-refractivity contribution is 5.69. The minimum absolute atomic E-state index is 0.114. The molecule has 0 aromatic heterocycles. The molecule has 0 heterocycles. The fraction of sp³-hybridized carbons (Fsp3) is 0.923. The van der Waals surface area contributed by atoms with Crippen LogP contribution in [-0.2, 0) is 14.3 Å². The molecule has 0 saturated carbocycles. The van der Waals surface area contributed by atoms with Crippen molar-refractivity contribution in [2.24, 2.45) is 0 Å². The number of esters is 1. The first-order valence-corrected chi connectivity index (χ1v) is 6.75. The van der Waals surface area contributed by atoms with E-state index >= 15 is 0 Å². The third-order valence-electron chi connectivity index (χ3n) is 2.36. The van der Waals surface area contributed by atoms with Crippen LogP contribution in [0, 0.1) is 0 Å². The molecular weight excluding hydrogens is 218 g/mol. The zero-order chi connectivity index (χ0) is 12.8. The second kappa shape index (κ2) is 13.5. The van der Waals surface area contributed by atoms with Crippen LogP contribution in [0.25, 0.3) is 0 Å². The summed E-state index contributed by atoms with van der Waals surface area (Å²) in [7, 11) is 0. The maximum absolute atomic E-state index is 11.1. The first-order chi connectivity index (χ1) is 8.31. The number of hydrogen-bond acceptors (Lipinski definition) is 4. The Balaban J connectivity index is 3.05. The van der Waals surface area contributed by atoms with Crippen molar-refractivity contribution in [3.63, 3.8) is 0 Å². The van der Waals surface area contributed by atoms with Crippen molar-refractivity contribution in [1.29, 1.82) is 0 Å². The molecule has 0 saturated heterocycles. The number of carbonyl (C=O) groups excluding carboxylic acids is 1. The summed E-state index contributed by atoms with van der Waals surface area (Å²) >= 11 is 0. The van der Waals surface area contributed by atoms with Gasteiger partial charge < -0.3 is 14.8 Å². The van der Waals surface area contributed by atoms with E-state index in [2.05, 4.69) is 19.2 Å². The fourth-order valence-corrected chi connectivity index (χ4v) is 1.28. The van der Waals surface area contributed by atoms with Gasteiger partial charge in [0.05, 0.1) is 13.2 Å². The highest BCUT2D eigenvalue weighted by Crippen LogP contribution is 1.96. The summed E-state index contributed by atoms with van der Waals surface area (Å²) in [5, 5.41) is 3.28. The van der Waals surface area contributed by atoms with Crippen molar-refractivity contribution in [2.75, 3.05) is 32.9 Å². The first kappa shape index (κ1) is 16.4. The molecule has 102 valence electrons. The van der Waals surface area contributed by atoms with Crippen LogP contribution in [0.15, 0.2) is 0 Å². The summed E-state index contributed by atoms with van der Waals surface area (Å²) in [5.41, 5.74) is 0. The van der Waals surface area contributed by atoms with E-state index in [-0.39, 0.29) is 5.97 Å². The van der Waals surface area contributed by atoms with Crippen LogP contribution in [-0.4, -0.2) is 38.9 Å². The van der Waals surface area contributed by atoms with Crippen molar-refractivity contribution in [3.05, 3.63) is 0 Å². The van der Waals surface area contributed by atoms with Crippen LogP contribution >= 0.6 is 0 Å². The van der Waals surface area contributed by atoms with Gasteiger partial charge in [-0.05, 0) is 19.4 Å². The van der Waals surface area contributed by atoms with Crippen molar-refractivity contribution in [2.45, 2.75) is 46.0 Å². The third-order valence-corrected chi connectivity index (χ3v) is 2.36. The fourth-order valence-electron chi connectivity index (χ4n) is 1.28. The number of hydrogen-bond donors (Lipinski definition) is 1. The highest BCUT2D eigenvalue weighted by Gasteiger charge is 2.00. The zero-order valence-electron chi connectivity index (χ0n) is 11.3. The highest BCUT2D eigenvalue weighted by atomic mass is 16.6. The van der Waals surface area contributed by atoms with Crippen molar-refractivity contribution >= 4 is 5.97 Å². The molecule has 4 nitrogen and oxygen atoms in total. The van der Waals surface area contributed by atoms with Gasteiger partial charge in [0.15, 0.2) is 0 Å². The Hall–Kier alpha value is -0.610. The largest absolute Gasteiger partial charge is 0.463 e. The minimum atomic E-state index is -0.114. The van der Waals surface area contributed by atoms with E-state index in [9.17, 15) is 4.79 Å². The summed E-state index contributed by atoms with van der Waals surface area (Å²) in [6, 6.07) is 0. The number of carbonyl (C=O) groups is 1. The molecular formula is C13H27NO3. The van der Waals surface area contributed by atoms with Crippen LogP contribution in [0.3, 0.4) is 0 Å². The van der Waals surface area contributed by atoms with Gasteiger partial charge in [-0.1, -0.05) is 26.7 Å². The molecule has 0 aliphatic heterocycles. The smallest absolute Gasteiger partial charge is 0.305 e. The molecule has 0 atom stereocenters. The van der Waals surface area contributed by atoms with Gasteiger partial charge in [-0.25, -0.2) is 0 Å². The van der Waals surface area contributed by atoms with E-state index in [0.29, 0.717) is 26.2 Å².